The first-order valence-electron chi connectivity index (χ1n) is 6.50. The van der Waals surface area contributed by atoms with Gasteiger partial charge in [0, 0.05) is 25.0 Å². The van der Waals surface area contributed by atoms with Gasteiger partial charge in [0.25, 0.3) is 0 Å². The molecule has 114 valence electrons. The third-order valence-electron chi connectivity index (χ3n) is 2.82. The number of hydrogen-bond donors (Lipinski definition) is 2. The van der Waals surface area contributed by atoms with Crippen molar-refractivity contribution in [3.8, 4) is 0 Å². The SMILES string of the molecule is CN=C(NCCc1ccc(Cl)s1)NCc1ccccc1.I. The molecule has 1 heterocycles. The minimum absolute atomic E-state index is 0. The highest BCUT2D eigenvalue weighted by atomic mass is 127. The second-order valence-electron chi connectivity index (χ2n) is 4.29. The van der Waals surface area contributed by atoms with E-state index in [-0.39, 0.29) is 24.0 Å². The second-order valence-corrected chi connectivity index (χ2v) is 6.09. The minimum Gasteiger partial charge on any atom is -0.356 e. The van der Waals surface area contributed by atoms with E-state index in [0.717, 1.165) is 29.8 Å². The summed E-state index contributed by atoms with van der Waals surface area (Å²) in [6.07, 6.45) is 0.948. The average Bonchev–Trinajstić information content (AvgIpc) is 2.89. The molecule has 2 aromatic rings. The zero-order chi connectivity index (χ0) is 14.2. The predicted octanol–water partition coefficient (Wildman–Crippen LogP) is 3.93. The van der Waals surface area contributed by atoms with Crippen LogP contribution in [0.5, 0.6) is 0 Å². The highest BCUT2D eigenvalue weighted by Gasteiger charge is 2.00. The molecular weight excluding hydrogens is 417 g/mol. The van der Waals surface area contributed by atoms with E-state index >= 15 is 0 Å². The van der Waals surface area contributed by atoms with Crippen LogP contribution in [-0.4, -0.2) is 19.6 Å². The van der Waals surface area contributed by atoms with Gasteiger partial charge in [0.1, 0.15) is 0 Å². The minimum atomic E-state index is 0. The lowest BCUT2D eigenvalue weighted by Crippen LogP contribution is -2.37. The topological polar surface area (TPSA) is 36.4 Å². The molecule has 2 N–H and O–H groups in total. The summed E-state index contributed by atoms with van der Waals surface area (Å²) in [5.74, 6) is 0.816. The van der Waals surface area contributed by atoms with E-state index in [0.29, 0.717) is 0 Å². The molecule has 0 fully saturated rings. The number of nitrogens with zero attached hydrogens (tertiary/aromatic N) is 1. The van der Waals surface area contributed by atoms with Crippen LogP contribution >= 0.6 is 46.9 Å². The molecule has 1 aromatic heterocycles. The van der Waals surface area contributed by atoms with Crippen LogP contribution in [0.3, 0.4) is 0 Å². The average molecular weight is 436 g/mol. The van der Waals surface area contributed by atoms with E-state index in [1.54, 1.807) is 18.4 Å². The molecule has 2 rings (SSSR count). The van der Waals surface area contributed by atoms with Gasteiger partial charge in [-0.15, -0.1) is 35.3 Å². The molecule has 21 heavy (non-hydrogen) atoms. The molecule has 3 nitrogen and oxygen atoms in total. The second kappa shape index (κ2) is 10.0. The van der Waals surface area contributed by atoms with E-state index < -0.39 is 0 Å². The fraction of sp³-hybridized carbons (Fsp3) is 0.267. The predicted molar refractivity (Wildman–Crippen MR) is 103 cm³/mol. The molecule has 0 bridgehead atoms. The Labute approximate surface area is 151 Å². The van der Waals surface area contributed by atoms with Crippen molar-refractivity contribution in [2.24, 2.45) is 4.99 Å². The molecule has 0 radical (unpaired) electrons. The highest BCUT2D eigenvalue weighted by Crippen LogP contribution is 2.21. The van der Waals surface area contributed by atoms with E-state index in [9.17, 15) is 0 Å². The summed E-state index contributed by atoms with van der Waals surface area (Å²) in [5.41, 5.74) is 1.24. The summed E-state index contributed by atoms with van der Waals surface area (Å²) in [6.45, 7) is 1.61. The van der Waals surface area contributed by atoms with Crippen LogP contribution in [0.15, 0.2) is 47.5 Å². The largest absolute Gasteiger partial charge is 0.356 e. The Balaban J connectivity index is 0.00000220. The maximum atomic E-state index is 5.91. The van der Waals surface area contributed by atoms with Gasteiger partial charge in [-0.2, -0.15) is 0 Å². The van der Waals surface area contributed by atoms with Gasteiger partial charge in [0.15, 0.2) is 5.96 Å². The Bertz CT molecular complexity index is 557. The molecule has 0 saturated heterocycles. The number of thiophene rings is 1. The Hall–Kier alpha value is -0.790. The molecule has 0 unspecified atom stereocenters. The lowest BCUT2D eigenvalue weighted by atomic mass is 10.2. The quantitative estimate of drug-likeness (QED) is 0.424. The van der Waals surface area contributed by atoms with Crippen molar-refractivity contribution in [3.05, 3.63) is 57.2 Å². The molecule has 0 aliphatic rings. The Morgan fingerprint density at radius 2 is 1.90 bits per heavy atom. The highest BCUT2D eigenvalue weighted by molar-refractivity contribution is 14.0. The molecule has 0 aliphatic carbocycles. The molecule has 0 atom stereocenters. The zero-order valence-electron chi connectivity index (χ0n) is 11.8. The monoisotopic (exact) mass is 435 g/mol. The van der Waals surface area contributed by atoms with Crippen LogP contribution in [0, 0.1) is 0 Å². The van der Waals surface area contributed by atoms with E-state index in [1.807, 2.05) is 24.3 Å². The molecule has 0 amide bonds. The maximum Gasteiger partial charge on any atom is 0.191 e. The van der Waals surface area contributed by atoms with Crippen molar-refractivity contribution in [1.82, 2.24) is 10.6 Å². The fourth-order valence-corrected chi connectivity index (χ4v) is 2.88. The Morgan fingerprint density at radius 3 is 2.52 bits per heavy atom. The van der Waals surface area contributed by atoms with Gasteiger partial charge in [-0.3, -0.25) is 4.99 Å². The molecule has 6 heteroatoms. The molecule has 0 spiro atoms. The number of rotatable bonds is 5. The van der Waals surface area contributed by atoms with Gasteiger partial charge in [-0.25, -0.2) is 0 Å². The number of benzene rings is 1. The number of halogens is 2. The summed E-state index contributed by atoms with van der Waals surface area (Å²) >= 11 is 7.53. The van der Waals surface area contributed by atoms with Crippen LogP contribution in [0.25, 0.3) is 0 Å². The molecular formula is C15H19ClIN3S. The third-order valence-corrected chi connectivity index (χ3v) is 4.11. The first-order valence-corrected chi connectivity index (χ1v) is 7.70. The summed E-state index contributed by atoms with van der Waals surface area (Å²) < 4.78 is 0.839. The van der Waals surface area contributed by atoms with Crippen molar-refractivity contribution < 1.29 is 0 Å². The number of hydrogen-bond acceptors (Lipinski definition) is 2. The van der Waals surface area contributed by atoms with Crippen molar-refractivity contribution in [1.29, 1.82) is 0 Å². The van der Waals surface area contributed by atoms with Crippen molar-refractivity contribution in [2.45, 2.75) is 13.0 Å². The Morgan fingerprint density at radius 1 is 1.14 bits per heavy atom. The van der Waals surface area contributed by atoms with Crippen molar-refractivity contribution in [2.75, 3.05) is 13.6 Å². The zero-order valence-corrected chi connectivity index (χ0v) is 15.7. The summed E-state index contributed by atoms with van der Waals surface area (Å²) in [4.78, 5) is 5.49. The number of nitrogens with one attached hydrogen (secondary N) is 2. The van der Waals surface area contributed by atoms with Crippen LogP contribution in [0.2, 0.25) is 4.34 Å². The fourth-order valence-electron chi connectivity index (χ4n) is 1.79. The van der Waals surface area contributed by atoms with Crippen LogP contribution in [0.1, 0.15) is 10.4 Å². The Kier molecular flexibility index (Phi) is 8.72. The number of guanidine groups is 1. The van der Waals surface area contributed by atoms with Gasteiger partial charge in [0.05, 0.1) is 4.34 Å². The summed E-state index contributed by atoms with van der Waals surface area (Å²) in [6, 6.07) is 14.3. The van der Waals surface area contributed by atoms with Crippen molar-refractivity contribution in [3.63, 3.8) is 0 Å². The van der Waals surface area contributed by atoms with Crippen LogP contribution in [-0.2, 0) is 13.0 Å². The van der Waals surface area contributed by atoms with Gasteiger partial charge in [0.2, 0.25) is 0 Å². The van der Waals surface area contributed by atoms with Gasteiger partial charge < -0.3 is 10.6 Å². The van der Waals surface area contributed by atoms with E-state index in [4.69, 9.17) is 11.6 Å². The van der Waals surface area contributed by atoms with E-state index in [2.05, 4.69) is 33.8 Å². The van der Waals surface area contributed by atoms with E-state index in [1.165, 1.54) is 10.4 Å². The van der Waals surface area contributed by atoms with Gasteiger partial charge in [-0.1, -0.05) is 41.9 Å². The van der Waals surface area contributed by atoms with Gasteiger partial charge in [-0.05, 0) is 24.1 Å². The normalized spacial score (nSPS) is 10.9. The van der Waals surface area contributed by atoms with Gasteiger partial charge >= 0.3 is 0 Å². The first-order chi connectivity index (χ1) is 9.78. The molecule has 0 aliphatic heterocycles. The lowest BCUT2D eigenvalue weighted by molar-refractivity contribution is 0.799. The van der Waals surface area contributed by atoms with Crippen LogP contribution in [0.4, 0.5) is 0 Å². The lowest BCUT2D eigenvalue weighted by Gasteiger charge is -2.11. The first kappa shape index (κ1) is 18.3. The molecule has 1 aromatic carbocycles. The number of aliphatic imine (C=N–C) groups is 1. The smallest absolute Gasteiger partial charge is 0.191 e. The van der Waals surface area contributed by atoms with Crippen LogP contribution < -0.4 is 10.6 Å². The standard InChI is InChI=1S/C15H18ClN3S.HI/c1-17-15(19-11-12-5-3-2-4-6-12)18-10-9-13-7-8-14(16)20-13;/h2-8H,9-11H2,1H3,(H2,17,18,19);1H. The summed E-state index contributed by atoms with van der Waals surface area (Å²) in [5, 5.41) is 6.59. The third kappa shape index (κ3) is 6.67. The molecule has 0 saturated carbocycles. The summed E-state index contributed by atoms with van der Waals surface area (Å²) in [7, 11) is 1.78. The maximum absolute atomic E-state index is 5.91. The van der Waals surface area contributed by atoms with Crippen molar-refractivity contribution >= 4 is 52.9 Å².